The Kier molecular flexibility index (Phi) is 5.29. The zero-order valence-electron chi connectivity index (χ0n) is 16.3. The molecule has 0 aliphatic heterocycles. The number of pyridine rings is 1. The van der Waals surface area contributed by atoms with Crippen LogP contribution in [-0.2, 0) is 24.1 Å². The normalized spacial score (nSPS) is 15.3. The number of hydrogen-bond acceptors (Lipinski definition) is 4. The minimum Gasteiger partial charge on any atom is -0.447 e. The number of nitrogens with one attached hydrogen (secondary N) is 1. The number of nitrogens with zero attached hydrogens (tertiary/aromatic N) is 3. The first-order valence-corrected chi connectivity index (χ1v) is 10.3. The number of hydrogen-bond donors (Lipinski definition) is 1. The van der Waals surface area contributed by atoms with Crippen LogP contribution >= 0.6 is 15.9 Å². The van der Waals surface area contributed by atoms with Crippen LogP contribution in [0.2, 0.25) is 0 Å². The van der Waals surface area contributed by atoms with Gasteiger partial charge in [-0.15, -0.1) is 0 Å². The summed E-state index contributed by atoms with van der Waals surface area (Å²) in [7, 11) is 0. The van der Waals surface area contributed by atoms with Gasteiger partial charge in [0.1, 0.15) is 0 Å². The fraction of sp³-hybridized carbons (Fsp3) is 0.318. The molecule has 0 saturated heterocycles. The molecule has 6 nitrogen and oxygen atoms in total. The van der Waals surface area contributed by atoms with Crippen LogP contribution in [0, 0.1) is 11.3 Å². The fourth-order valence-corrected chi connectivity index (χ4v) is 4.34. The molecule has 1 aromatic carbocycles. The molecule has 1 amide bonds. The van der Waals surface area contributed by atoms with Crippen LogP contribution in [0.5, 0.6) is 0 Å². The summed E-state index contributed by atoms with van der Waals surface area (Å²) in [5.41, 5.74) is 5.24. The van der Waals surface area contributed by atoms with Crippen molar-refractivity contribution in [1.82, 2.24) is 14.9 Å². The number of fused-ring (bicyclic) bond motifs is 3. The molecular formula is C22H21BrN4O2. The Labute approximate surface area is 177 Å². The minimum atomic E-state index is -0.388. The second-order valence-corrected chi connectivity index (χ2v) is 8.38. The molecule has 0 bridgehead atoms. The monoisotopic (exact) mass is 452 g/mol. The molecule has 0 fully saturated rings. The molecular weight excluding hydrogens is 432 g/mol. The van der Waals surface area contributed by atoms with E-state index in [4.69, 9.17) is 4.74 Å². The average Bonchev–Trinajstić information content (AvgIpc) is 3.20. The highest BCUT2D eigenvalue weighted by Gasteiger charge is 2.30. The largest absolute Gasteiger partial charge is 0.447 e. The molecule has 0 spiro atoms. The van der Waals surface area contributed by atoms with Gasteiger partial charge in [0.15, 0.2) is 0 Å². The second-order valence-electron chi connectivity index (χ2n) is 7.53. The van der Waals surface area contributed by atoms with Gasteiger partial charge in [-0.05, 0) is 71.6 Å². The van der Waals surface area contributed by atoms with Gasteiger partial charge in [-0.1, -0.05) is 0 Å². The fourth-order valence-electron chi connectivity index (χ4n) is 3.96. The van der Waals surface area contributed by atoms with E-state index < -0.39 is 0 Å². The number of nitriles is 1. The number of carbonyl (C=O) groups excluding carboxylic acids is 1. The molecule has 3 aromatic rings. The van der Waals surface area contributed by atoms with Crippen LogP contribution in [0.3, 0.4) is 0 Å². The van der Waals surface area contributed by atoms with Gasteiger partial charge in [-0.3, -0.25) is 4.98 Å². The van der Waals surface area contributed by atoms with Gasteiger partial charge in [-0.2, -0.15) is 5.26 Å². The van der Waals surface area contributed by atoms with Gasteiger partial charge in [0.2, 0.25) is 0 Å². The van der Waals surface area contributed by atoms with E-state index in [2.05, 4.69) is 36.9 Å². The minimum absolute atomic E-state index is 0.0199. The highest BCUT2D eigenvalue weighted by Crippen LogP contribution is 2.35. The summed E-state index contributed by atoms with van der Waals surface area (Å²) in [4.78, 5) is 16.2. The molecule has 1 N–H and O–H groups in total. The summed E-state index contributed by atoms with van der Waals surface area (Å²) < 4.78 is 8.48. The van der Waals surface area contributed by atoms with E-state index in [9.17, 15) is 10.1 Å². The second kappa shape index (κ2) is 7.88. The molecule has 29 heavy (non-hydrogen) atoms. The van der Waals surface area contributed by atoms with Crippen molar-refractivity contribution >= 4 is 32.9 Å². The van der Waals surface area contributed by atoms with Crippen LogP contribution in [0.15, 0.2) is 41.1 Å². The van der Waals surface area contributed by atoms with E-state index in [-0.39, 0.29) is 18.2 Å². The maximum Gasteiger partial charge on any atom is 0.407 e. The number of benzene rings is 1. The number of carbonyl (C=O) groups is 1. The third-order valence-corrected chi connectivity index (χ3v) is 5.87. The predicted octanol–water partition coefficient (Wildman–Crippen LogP) is 4.32. The van der Waals surface area contributed by atoms with E-state index >= 15 is 0 Å². The lowest BCUT2D eigenvalue weighted by molar-refractivity contribution is 0.112. The van der Waals surface area contributed by atoms with Gasteiger partial charge in [0.05, 0.1) is 17.7 Å². The van der Waals surface area contributed by atoms with Crippen LogP contribution in [0.25, 0.3) is 10.9 Å². The molecule has 2 heterocycles. The van der Waals surface area contributed by atoms with Crippen LogP contribution < -0.4 is 5.32 Å². The molecule has 1 atom stereocenters. The summed E-state index contributed by atoms with van der Waals surface area (Å²) in [5.74, 6) is 0. The first kappa shape index (κ1) is 19.5. The first-order chi connectivity index (χ1) is 14.0. The van der Waals surface area contributed by atoms with Crippen LogP contribution in [-0.4, -0.2) is 27.8 Å². The molecule has 0 radical (unpaired) electrons. The standard InChI is InChI=1S/C22H21BrN4O2/c1-13(2)29-22(28)26-16-8-18-17-7-14(10-24)3-4-20(17)27(21(18)9-16)12-15-5-6-25-11-19(15)23/h3-7,11,13,16H,8-9,12H2,1-2H3,(H,26,28)/t16-/m0/s1. The molecule has 1 aliphatic carbocycles. The number of aromatic nitrogens is 2. The lowest BCUT2D eigenvalue weighted by atomic mass is 10.1. The van der Waals surface area contributed by atoms with Crippen LogP contribution in [0.1, 0.15) is 36.2 Å². The Bertz CT molecular complexity index is 1130. The van der Waals surface area contributed by atoms with E-state index in [1.54, 1.807) is 12.4 Å². The van der Waals surface area contributed by atoms with Crippen molar-refractivity contribution in [3.8, 4) is 6.07 Å². The summed E-state index contributed by atoms with van der Waals surface area (Å²) in [6.45, 7) is 4.35. The van der Waals surface area contributed by atoms with Crippen LogP contribution in [0.4, 0.5) is 4.79 Å². The molecule has 2 aromatic heterocycles. The highest BCUT2D eigenvalue weighted by molar-refractivity contribution is 9.10. The molecule has 7 heteroatoms. The summed E-state index contributed by atoms with van der Waals surface area (Å²) in [6, 6.07) is 10.0. The van der Waals surface area contributed by atoms with Crippen molar-refractivity contribution in [2.75, 3.05) is 0 Å². The Morgan fingerprint density at radius 1 is 1.41 bits per heavy atom. The van der Waals surface area contributed by atoms with Crippen molar-refractivity contribution in [2.24, 2.45) is 0 Å². The van der Waals surface area contributed by atoms with Crippen molar-refractivity contribution < 1.29 is 9.53 Å². The first-order valence-electron chi connectivity index (χ1n) is 9.56. The SMILES string of the molecule is CC(C)OC(=O)N[C@H]1Cc2c(n(Cc3ccncc3Br)c3ccc(C#N)cc23)C1. The quantitative estimate of drug-likeness (QED) is 0.638. The Hall–Kier alpha value is -2.85. The lowest BCUT2D eigenvalue weighted by Crippen LogP contribution is -2.37. The third kappa shape index (κ3) is 3.85. The van der Waals surface area contributed by atoms with Crippen molar-refractivity contribution in [1.29, 1.82) is 5.26 Å². The Balaban J connectivity index is 1.72. The zero-order valence-corrected chi connectivity index (χ0v) is 17.9. The van der Waals surface area contributed by atoms with E-state index in [0.29, 0.717) is 12.1 Å². The van der Waals surface area contributed by atoms with Gasteiger partial charge < -0.3 is 14.6 Å². The van der Waals surface area contributed by atoms with Gasteiger partial charge in [0, 0.05) is 52.5 Å². The van der Waals surface area contributed by atoms with Crippen molar-refractivity contribution in [2.45, 2.75) is 45.4 Å². The zero-order chi connectivity index (χ0) is 20.5. The highest BCUT2D eigenvalue weighted by atomic mass is 79.9. The van der Waals surface area contributed by atoms with Gasteiger partial charge >= 0.3 is 6.09 Å². The third-order valence-electron chi connectivity index (χ3n) is 5.16. The number of halogens is 1. The smallest absolute Gasteiger partial charge is 0.407 e. The van der Waals surface area contributed by atoms with Crippen molar-refractivity contribution in [3.63, 3.8) is 0 Å². The summed E-state index contributed by atoms with van der Waals surface area (Å²) in [5, 5.41) is 13.4. The molecule has 0 saturated carbocycles. The van der Waals surface area contributed by atoms with E-state index in [0.717, 1.165) is 33.8 Å². The lowest BCUT2D eigenvalue weighted by Gasteiger charge is -2.16. The Morgan fingerprint density at radius 2 is 2.24 bits per heavy atom. The summed E-state index contributed by atoms with van der Waals surface area (Å²) in [6.07, 6.45) is 4.48. The molecule has 1 aliphatic rings. The number of rotatable bonds is 4. The molecule has 4 rings (SSSR count). The van der Waals surface area contributed by atoms with Crippen molar-refractivity contribution in [3.05, 3.63) is 63.5 Å². The summed E-state index contributed by atoms with van der Waals surface area (Å²) >= 11 is 3.58. The number of alkyl carbamates (subject to hydrolysis) is 1. The molecule has 148 valence electrons. The number of ether oxygens (including phenoxy) is 1. The average molecular weight is 453 g/mol. The Morgan fingerprint density at radius 3 is 2.97 bits per heavy atom. The maximum atomic E-state index is 12.1. The topological polar surface area (TPSA) is 79.9 Å². The predicted molar refractivity (Wildman–Crippen MR) is 114 cm³/mol. The molecule has 0 unspecified atom stereocenters. The maximum absolute atomic E-state index is 12.1. The number of amides is 1. The van der Waals surface area contributed by atoms with E-state index in [1.165, 1.54) is 11.3 Å². The van der Waals surface area contributed by atoms with Gasteiger partial charge in [-0.25, -0.2) is 4.79 Å². The van der Waals surface area contributed by atoms with E-state index in [1.807, 2.05) is 38.1 Å². The van der Waals surface area contributed by atoms with Gasteiger partial charge in [0.25, 0.3) is 0 Å².